The van der Waals surface area contributed by atoms with Gasteiger partial charge in [0.25, 0.3) is 0 Å². The second-order valence-corrected chi connectivity index (χ2v) is 7.63. The molecular weight excluding hydrogens is 384 g/mol. The van der Waals surface area contributed by atoms with Crippen LogP contribution in [0.4, 0.5) is 11.6 Å². The molecule has 1 unspecified atom stereocenters. The normalized spacial score (nSPS) is 16.8. The van der Waals surface area contributed by atoms with Crippen molar-refractivity contribution in [1.29, 1.82) is 0 Å². The second-order valence-electron chi connectivity index (χ2n) is 7.23. The van der Waals surface area contributed by atoms with Gasteiger partial charge in [-0.25, -0.2) is 9.97 Å². The quantitative estimate of drug-likeness (QED) is 0.434. The molecule has 1 aliphatic heterocycles. The van der Waals surface area contributed by atoms with Crippen molar-refractivity contribution in [2.24, 2.45) is 0 Å². The van der Waals surface area contributed by atoms with Crippen molar-refractivity contribution >= 4 is 34.1 Å². The number of hydrogen-bond donors (Lipinski definition) is 3. The summed E-state index contributed by atoms with van der Waals surface area (Å²) in [6, 6.07) is 17.9. The molecule has 0 radical (unpaired) electrons. The summed E-state index contributed by atoms with van der Waals surface area (Å²) in [6.45, 7) is 1.00. The topological polar surface area (TPSA) is 78.5 Å². The van der Waals surface area contributed by atoms with Crippen LogP contribution in [0.5, 0.6) is 0 Å². The molecular formula is C22H21ClN6. The van der Waals surface area contributed by atoms with Gasteiger partial charge in [0.15, 0.2) is 11.6 Å². The monoisotopic (exact) mass is 404 g/mol. The summed E-state index contributed by atoms with van der Waals surface area (Å²) >= 11 is 6.44. The summed E-state index contributed by atoms with van der Waals surface area (Å²) < 4.78 is 0. The molecule has 29 heavy (non-hydrogen) atoms. The summed E-state index contributed by atoms with van der Waals surface area (Å²) in [5.74, 6) is 2.06. The number of aromatic nitrogens is 4. The van der Waals surface area contributed by atoms with Gasteiger partial charge < -0.3 is 10.6 Å². The van der Waals surface area contributed by atoms with Crippen LogP contribution in [-0.4, -0.2) is 26.7 Å². The zero-order chi connectivity index (χ0) is 19.6. The maximum absolute atomic E-state index is 6.44. The Bertz CT molecular complexity index is 1150. The Hall–Kier alpha value is -2.96. The minimum absolute atomic E-state index is 0.212. The van der Waals surface area contributed by atoms with Crippen LogP contribution in [0.25, 0.3) is 22.3 Å². The lowest BCUT2D eigenvalue weighted by Crippen LogP contribution is -2.27. The first-order chi connectivity index (χ1) is 14.3. The number of nitrogens with one attached hydrogen (secondary N) is 3. The molecule has 0 saturated carbocycles. The van der Waals surface area contributed by atoms with E-state index < -0.39 is 0 Å². The molecule has 3 N–H and O–H groups in total. The van der Waals surface area contributed by atoms with E-state index in [2.05, 4.69) is 20.8 Å². The Balaban J connectivity index is 1.58. The summed E-state index contributed by atoms with van der Waals surface area (Å²) in [6.07, 6.45) is 3.45. The van der Waals surface area contributed by atoms with Gasteiger partial charge >= 0.3 is 0 Å². The molecule has 0 bridgehead atoms. The first-order valence-electron chi connectivity index (χ1n) is 9.85. The van der Waals surface area contributed by atoms with E-state index in [-0.39, 0.29) is 6.04 Å². The number of benzene rings is 2. The molecule has 2 aromatic heterocycles. The van der Waals surface area contributed by atoms with E-state index in [1.54, 1.807) is 0 Å². The number of fused-ring (bicyclic) bond motifs is 1. The first kappa shape index (κ1) is 18.1. The van der Waals surface area contributed by atoms with Crippen molar-refractivity contribution in [3.63, 3.8) is 0 Å². The van der Waals surface area contributed by atoms with Gasteiger partial charge in [-0.3, -0.25) is 5.10 Å². The molecule has 1 atom stereocenters. The Morgan fingerprint density at radius 1 is 1.00 bits per heavy atom. The summed E-state index contributed by atoms with van der Waals surface area (Å²) in [5.41, 5.74) is 2.77. The number of halogens is 1. The van der Waals surface area contributed by atoms with Crippen molar-refractivity contribution in [3.8, 4) is 11.4 Å². The fourth-order valence-electron chi connectivity index (χ4n) is 3.76. The number of rotatable bonds is 4. The van der Waals surface area contributed by atoms with Crippen LogP contribution in [0.3, 0.4) is 0 Å². The standard InChI is InChI=1S/C22H21ClN6/c23-16-9-3-1-7-14(16)21-25-19(18-11-5-6-12-24-18)13-20(26-21)27-22-15-8-2-4-10-17(15)28-29-22/h1-4,7-10,13,18,24H,5-6,11-12H2,(H2,25,26,27,28,29). The second kappa shape index (κ2) is 7.81. The van der Waals surface area contributed by atoms with E-state index in [1.165, 1.54) is 12.8 Å². The van der Waals surface area contributed by atoms with E-state index in [4.69, 9.17) is 21.6 Å². The first-order valence-corrected chi connectivity index (χ1v) is 10.2. The van der Waals surface area contributed by atoms with Crippen molar-refractivity contribution in [2.75, 3.05) is 11.9 Å². The van der Waals surface area contributed by atoms with Crippen LogP contribution in [0, 0.1) is 0 Å². The molecule has 4 aromatic rings. The Morgan fingerprint density at radius 3 is 2.72 bits per heavy atom. The average Bonchev–Trinajstić information content (AvgIpc) is 3.17. The minimum Gasteiger partial charge on any atom is -0.323 e. The molecule has 1 fully saturated rings. The number of H-pyrrole nitrogens is 1. The highest BCUT2D eigenvalue weighted by molar-refractivity contribution is 6.33. The highest BCUT2D eigenvalue weighted by atomic mass is 35.5. The fraction of sp³-hybridized carbons (Fsp3) is 0.227. The molecule has 0 aliphatic carbocycles. The van der Waals surface area contributed by atoms with Crippen LogP contribution in [0.2, 0.25) is 5.02 Å². The maximum Gasteiger partial charge on any atom is 0.163 e. The van der Waals surface area contributed by atoms with Crippen LogP contribution in [0.1, 0.15) is 31.0 Å². The Labute approximate surface area is 173 Å². The zero-order valence-electron chi connectivity index (χ0n) is 15.8. The summed E-state index contributed by atoms with van der Waals surface area (Å²) in [4.78, 5) is 9.61. The minimum atomic E-state index is 0.212. The number of aromatic amines is 1. The smallest absolute Gasteiger partial charge is 0.163 e. The van der Waals surface area contributed by atoms with Gasteiger partial charge in [0.1, 0.15) is 5.82 Å². The Kier molecular flexibility index (Phi) is 4.87. The van der Waals surface area contributed by atoms with E-state index in [0.717, 1.165) is 40.9 Å². The van der Waals surface area contributed by atoms with Crippen molar-refractivity contribution < 1.29 is 0 Å². The van der Waals surface area contributed by atoms with Crippen molar-refractivity contribution in [2.45, 2.75) is 25.3 Å². The summed E-state index contributed by atoms with van der Waals surface area (Å²) in [5, 5.41) is 16.1. The molecule has 5 rings (SSSR count). The van der Waals surface area contributed by atoms with Gasteiger partial charge in [-0.15, -0.1) is 0 Å². The zero-order valence-corrected chi connectivity index (χ0v) is 16.6. The highest BCUT2D eigenvalue weighted by Crippen LogP contribution is 2.31. The van der Waals surface area contributed by atoms with E-state index >= 15 is 0 Å². The van der Waals surface area contributed by atoms with Gasteiger partial charge in [-0.2, -0.15) is 5.10 Å². The van der Waals surface area contributed by atoms with Crippen molar-refractivity contribution in [1.82, 2.24) is 25.5 Å². The molecule has 1 saturated heterocycles. The largest absolute Gasteiger partial charge is 0.323 e. The van der Waals surface area contributed by atoms with Crippen LogP contribution in [0.15, 0.2) is 54.6 Å². The van der Waals surface area contributed by atoms with Gasteiger partial charge in [-0.05, 0) is 43.7 Å². The third kappa shape index (κ3) is 3.69. The average molecular weight is 405 g/mol. The molecule has 6 nitrogen and oxygen atoms in total. The van der Waals surface area contributed by atoms with Gasteiger partial charge in [0.2, 0.25) is 0 Å². The predicted molar refractivity (Wildman–Crippen MR) is 116 cm³/mol. The summed E-state index contributed by atoms with van der Waals surface area (Å²) in [7, 11) is 0. The van der Waals surface area contributed by atoms with Gasteiger partial charge in [0, 0.05) is 23.1 Å². The van der Waals surface area contributed by atoms with E-state index in [1.807, 2.05) is 54.6 Å². The number of anilines is 2. The molecule has 0 spiro atoms. The fourth-order valence-corrected chi connectivity index (χ4v) is 3.98. The van der Waals surface area contributed by atoms with Gasteiger partial charge in [-0.1, -0.05) is 42.3 Å². The lowest BCUT2D eigenvalue weighted by molar-refractivity contribution is 0.405. The highest BCUT2D eigenvalue weighted by Gasteiger charge is 2.20. The maximum atomic E-state index is 6.44. The van der Waals surface area contributed by atoms with E-state index in [0.29, 0.717) is 16.7 Å². The molecule has 0 amide bonds. The van der Waals surface area contributed by atoms with Gasteiger partial charge in [0.05, 0.1) is 16.2 Å². The number of hydrogen-bond acceptors (Lipinski definition) is 5. The van der Waals surface area contributed by atoms with Crippen LogP contribution < -0.4 is 10.6 Å². The number of piperidine rings is 1. The lowest BCUT2D eigenvalue weighted by atomic mass is 10.0. The van der Waals surface area contributed by atoms with Crippen LogP contribution in [-0.2, 0) is 0 Å². The predicted octanol–water partition coefficient (Wildman–Crippen LogP) is 5.23. The third-order valence-electron chi connectivity index (χ3n) is 5.24. The SMILES string of the molecule is Clc1ccccc1-c1nc(Nc2n[nH]c3ccccc23)cc(C2CCCCN2)n1. The molecule has 3 heterocycles. The third-order valence-corrected chi connectivity index (χ3v) is 5.57. The number of para-hydroxylation sites is 1. The van der Waals surface area contributed by atoms with E-state index in [9.17, 15) is 0 Å². The lowest BCUT2D eigenvalue weighted by Gasteiger charge is -2.23. The molecule has 2 aromatic carbocycles. The molecule has 1 aliphatic rings. The van der Waals surface area contributed by atoms with Crippen LogP contribution >= 0.6 is 11.6 Å². The Morgan fingerprint density at radius 2 is 1.86 bits per heavy atom. The molecule has 7 heteroatoms. The molecule has 146 valence electrons. The number of nitrogens with zero attached hydrogens (tertiary/aromatic N) is 3. The van der Waals surface area contributed by atoms with Crippen molar-refractivity contribution in [3.05, 3.63) is 65.3 Å².